The van der Waals surface area contributed by atoms with Gasteiger partial charge in [-0.25, -0.2) is 0 Å². The number of H-pyrrole nitrogens is 1. The Labute approximate surface area is 155 Å². The molecule has 0 aliphatic carbocycles. The largest absolute Gasteiger partial charge is 0.394 e. The van der Waals surface area contributed by atoms with Crippen LogP contribution in [0.25, 0.3) is 10.9 Å². The lowest BCUT2D eigenvalue weighted by atomic mass is 10.2. The predicted molar refractivity (Wildman–Crippen MR) is 99.9 cm³/mol. The third kappa shape index (κ3) is 4.22. The minimum absolute atomic E-state index is 0.273. The van der Waals surface area contributed by atoms with Gasteiger partial charge in [0, 0.05) is 22.5 Å². The van der Waals surface area contributed by atoms with Crippen LogP contribution in [0.2, 0.25) is 5.02 Å². The molecule has 3 rings (SSSR count). The van der Waals surface area contributed by atoms with E-state index in [0.717, 1.165) is 16.5 Å². The number of carbonyl (C=O) groups is 2. The number of para-hydroxylation sites is 1. The van der Waals surface area contributed by atoms with Crippen LogP contribution in [0.1, 0.15) is 16.1 Å². The normalized spacial score (nSPS) is 11.9. The van der Waals surface area contributed by atoms with E-state index in [1.807, 2.05) is 24.3 Å². The highest BCUT2D eigenvalue weighted by atomic mass is 35.5. The van der Waals surface area contributed by atoms with Crippen molar-refractivity contribution in [2.45, 2.75) is 12.6 Å². The summed E-state index contributed by atoms with van der Waals surface area (Å²) in [4.78, 5) is 27.6. The van der Waals surface area contributed by atoms with E-state index in [9.17, 15) is 14.7 Å². The number of aliphatic hydroxyl groups excluding tert-OH is 1. The minimum atomic E-state index is -1.04. The highest BCUT2D eigenvalue weighted by Gasteiger charge is 2.21. The molecule has 0 radical (unpaired) electrons. The molecule has 4 N–H and O–H groups in total. The van der Waals surface area contributed by atoms with E-state index in [0.29, 0.717) is 10.7 Å². The second-order valence-corrected chi connectivity index (χ2v) is 6.26. The summed E-state index contributed by atoms with van der Waals surface area (Å²) in [5.41, 5.74) is 2.02. The summed E-state index contributed by atoms with van der Waals surface area (Å²) in [6, 6.07) is 15.2. The number of rotatable bonds is 6. The van der Waals surface area contributed by atoms with Crippen LogP contribution in [0.5, 0.6) is 0 Å². The van der Waals surface area contributed by atoms with E-state index in [-0.39, 0.29) is 6.54 Å². The zero-order valence-electron chi connectivity index (χ0n) is 13.8. The average Bonchev–Trinajstić information content (AvgIpc) is 3.09. The Morgan fingerprint density at radius 2 is 1.85 bits per heavy atom. The number of nitrogens with one attached hydrogen (secondary N) is 3. The first-order valence-electron chi connectivity index (χ1n) is 8.08. The molecule has 0 aliphatic heterocycles. The molecule has 7 heteroatoms. The molecule has 3 aromatic rings. The topological polar surface area (TPSA) is 94.2 Å². The molecular weight excluding hydrogens is 354 g/mol. The third-order valence-electron chi connectivity index (χ3n) is 3.96. The number of hydrogen-bond acceptors (Lipinski definition) is 3. The lowest BCUT2D eigenvalue weighted by Gasteiger charge is -2.16. The smallest absolute Gasteiger partial charge is 0.268 e. The minimum Gasteiger partial charge on any atom is -0.394 e. The summed E-state index contributed by atoms with van der Waals surface area (Å²) in [5.74, 6) is -0.922. The summed E-state index contributed by atoms with van der Waals surface area (Å²) in [7, 11) is 0. The van der Waals surface area contributed by atoms with E-state index in [2.05, 4.69) is 15.6 Å². The van der Waals surface area contributed by atoms with Crippen LogP contribution in [0.15, 0.2) is 54.6 Å². The maximum Gasteiger partial charge on any atom is 0.268 e. The molecule has 1 aromatic heterocycles. The van der Waals surface area contributed by atoms with Crippen molar-refractivity contribution < 1.29 is 14.7 Å². The summed E-state index contributed by atoms with van der Waals surface area (Å²) < 4.78 is 0. The fourth-order valence-corrected chi connectivity index (χ4v) is 2.67. The Balaban J connectivity index is 1.61. The molecule has 0 saturated carbocycles. The van der Waals surface area contributed by atoms with E-state index in [1.165, 1.54) is 0 Å². The van der Waals surface area contributed by atoms with Gasteiger partial charge in [0.1, 0.15) is 11.7 Å². The Morgan fingerprint density at radius 3 is 2.54 bits per heavy atom. The number of hydrogen-bond donors (Lipinski definition) is 4. The summed E-state index contributed by atoms with van der Waals surface area (Å²) in [6.45, 7) is -0.229. The molecule has 0 aliphatic rings. The molecule has 2 aromatic carbocycles. The molecule has 0 fully saturated rings. The van der Waals surface area contributed by atoms with E-state index in [4.69, 9.17) is 11.6 Å². The quantitative estimate of drug-likeness (QED) is 0.535. The van der Waals surface area contributed by atoms with Gasteiger partial charge in [-0.15, -0.1) is 0 Å². The first-order valence-corrected chi connectivity index (χ1v) is 8.46. The highest BCUT2D eigenvalue weighted by molar-refractivity contribution is 6.30. The van der Waals surface area contributed by atoms with Crippen molar-refractivity contribution in [3.63, 3.8) is 0 Å². The molecule has 26 heavy (non-hydrogen) atoms. The van der Waals surface area contributed by atoms with E-state index in [1.54, 1.807) is 30.3 Å². The number of halogens is 1. The average molecular weight is 372 g/mol. The third-order valence-corrected chi connectivity index (χ3v) is 4.21. The predicted octanol–water partition coefficient (Wildman–Crippen LogP) is 2.23. The molecule has 0 saturated heterocycles. The number of amides is 2. The maximum absolute atomic E-state index is 12.4. The second-order valence-electron chi connectivity index (χ2n) is 5.82. The zero-order valence-corrected chi connectivity index (χ0v) is 14.6. The summed E-state index contributed by atoms with van der Waals surface area (Å²) in [5, 5.41) is 16.2. The first-order chi connectivity index (χ1) is 12.6. The molecule has 6 nitrogen and oxygen atoms in total. The lowest BCUT2D eigenvalue weighted by Crippen LogP contribution is -2.48. The number of aromatic nitrogens is 1. The van der Waals surface area contributed by atoms with Crippen LogP contribution in [0, 0.1) is 0 Å². The highest BCUT2D eigenvalue weighted by Crippen LogP contribution is 2.14. The molecular formula is C19H18ClN3O3. The Morgan fingerprint density at radius 1 is 1.12 bits per heavy atom. The van der Waals surface area contributed by atoms with Gasteiger partial charge in [-0.05, 0) is 29.8 Å². The van der Waals surface area contributed by atoms with Crippen LogP contribution in [-0.4, -0.2) is 34.6 Å². The van der Waals surface area contributed by atoms with Gasteiger partial charge < -0.3 is 20.7 Å². The first kappa shape index (κ1) is 18.0. The Hall–Kier alpha value is -2.83. The fourth-order valence-electron chi connectivity index (χ4n) is 2.54. The van der Waals surface area contributed by atoms with Gasteiger partial charge in [-0.2, -0.15) is 0 Å². The monoisotopic (exact) mass is 371 g/mol. The molecule has 1 heterocycles. The van der Waals surface area contributed by atoms with Crippen LogP contribution in [0.3, 0.4) is 0 Å². The van der Waals surface area contributed by atoms with Gasteiger partial charge in [-0.3, -0.25) is 9.59 Å². The molecule has 0 spiro atoms. The van der Waals surface area contributed by atoms with Crippen LogP contribution in [-0.2, 0) is 11.3 Å². The summed E-state index contributed by atoms with van der Waals surface area (Å²) in [6.07, 6.45) is 0. The lowest BCUT2D eigenvalue weighted by molar-refractivity contribution is -0.124. The van der Waals surface area contributed by atoms with Crippen molar-refractivity contribution in [3.8, 4) is 0 Å². The Kier molecular flexibility index (Phi) is 5.55. The Bertz CT molecular complexity index is 888. The van der Waals surface area contributed by atoms with Crippen molar-refractivity contribution in [1.29, 1.82) is 0 Å². The number of carbonyl (C=O) groups excluding carboxylic acids is 2. The number of aliphatic hydroxyl groups is 1. The van der Waals surface area contributed by atoms with Crippen molar-refractivity contribution in [3.05, 3.63) is 70.9 Å². The molecule has 1 atom stereocenters. The number of aromatic amines is 1. The molecule has 134 valence electrons. The summed E-state index contributed by atoms with van der Waals surface area (Å²) >= 11 is 5.82. The van der Waals surface area contributed by atoms with E-state index < -0.39 is 24.5 Å². The van der Waals surface area contributed by atoms with Gasteiger partial charge in [0.25, 0.3) is 5.91 Å². The van der Waals surface area contributed by atoms with Crippen molar-refractivity contribution >= 4 is 34.3 Å². The van der Waals surface area contributed by atoms with Crippen LogP contribution < -0.4 is 10.6 Å². The van der Waals surface area contributed by atoms with Crippen molar-refractivity contribution in [2.75, 3.05) is 6.61 Å². The second kappa shape index (κ2) is 8.03. The number of benzene rings is 2. The van der Waals surface area contributed by atoms with Crippen LogP contribution >= 0.6 is 11.6 Å². The molecule has 0 bridgehead atoms. The van der Waals surface area contributed by atoms with Crippen LogP contribution in [0.4, 0.5) is 0 Å². The fraction of sp³-hybridized carbons (Fsp3) is 0.158. The molecule has 0 unspecified atom stereocenters. The SMILES string of the molecule is O=C(N[C@@H](CO)C(=O)NCc1ccc(Cl)cc1)c1cc2ccccc2[nH]1. The van der Waals surface area contributed by atoms with Crippen molar-refractivity contribution in [1.82, 2.24) is 15.6 Å². The zero-order chi connectivity index (χ0) is 18.5. The van der Waals surface area contributed by atoms with Crippen molar-refractivity contribution in [2.24, 2.45) is 0 Å². The van der Waals surface area contributed by atoms with Gasteiger partial charge in [-0.1, -0.05) is 41.9 Å². The standard InChI is InChI=1S/C19H18ClN3O3/c20-14-7-5-12(6-8-14)10-21-18(25)17(11-24)23-19(26)16-9-13-3-1-2-4-15(13)22-16/h1-9,17,22,24H,10-11H2,(H,21,25)(H,23,26)/t17-/m0/s1. The van der Waals surface area contributed by atoms with Gasteiger partial charge >= 0.3 is 0 Å². The maximum atomic E-state index is 12.4. The van der Waals surface area contributed by atoms with Gasteiger partial charge in [0.05, 0.1) is 6.61 Å². The molecule has 2 amide bonds. The number of fused-ring (bicyclic) bond motifs is 1. The van der Waals surface area contributed by atoms with Gasteiger partial charge in [0.15, 0.2) is 0 Å². The van der Waals surface area contributed by atoms with E-state index >= 15 is 0 Å². The van der Waals surface area contributed by atoms with Gasteiger partial charge in [0.2, 0.25) is 5.91 Å².